The van der Waals surface area contributed by atoms with Gasteiger partial charge in [-0.3, -0.25) is 4.79 Å². The quantitative estimate of drug-likeness (QED) is 0.285. The van der Waals surface area contributed by atoms with Crippen LogP contribution in [0.4, 0.5) is 0 Å². The second kappa shape index (κ2) is 10.2. The van der Waals surface area contributed by atoms with Gasteiger partial charge in [0.05, 0.1) is 0 Å². The lowest BCUT2D eigenvalue weighted by Gasteiger charge is -2.14. The molecule has 3 nitrogen and oxygen atoms in total. The van der Waals surface area contributed by atoms with Gasteiger partial charge >= 0.3 is 0 Å². The Hall–Kier alpha value is -3.08. The van der Waals surface area contributed by atoms with Crippen molar-refractivity contribution in [1.29, 1.82) is 0 Å². The zero-order valence-corrected chi connectivity index (χ0v) is 20.1. The highest BCUT2D eigenvalue weighted by atomic mass is 32.2. The smallest absolute Gasteiger partial charge is 0.197 e. The second-order valence-electron chi connectivity index (χ2n) is 8.54. The normalized spacial score (nSPS) is 12.2. The fraction of sp³-hybridized carbons (Fsp3) is 0.207. The average Bonchev–Trinajstić information content (AvgIpc) is 2.85. The molecule has 4 rings (SSSR count). The van der Waals surface area contributed by atoms with E-state index in [1.54, 1.807) is 0 Å². The van der Waals surface area contributed by atoms with Crippen molar-refractivity contribution in [2.24, 2.45) is 0 Å². The van der Waals surface area contributed by atoms with Crippen LogP contribution in [0.5, 0.6) is 0 Å². The minimum atomic E-state index is -1.27. The molecule has 0 amide bonds. The Kier molecular flexibility index (Phi) is 7.17. The molecule has 168 valence electrons. The first kappa shape index (κ1) is 23.1. The lowest BCUT2D eigenvalue weighted by molar-refractivity contribution is 0.595. The number of hydrogen-bond donors (Lipinski definition) is 0. The van der Waals surface area contributed by atoms with Crippen molar-refractivity contribution in [2.75, 3.05) is 0 Å². The lowest BCUT2D eigenvalue weighted by Crippen LogP contribution is -2.13. The maximum atomic E-state index is 13.4. The average molecular weight is 456 g/mol. The molecule has 0 N–H and O–H groups in total. The highest BCUT2D eigenvalue weighted by Gasteiger charge is 2.17. The summed E-state index contributed by atoms with van der Waals surface area (Å²) in [5.41, 5.74) is 4.28. The summed E-state index contributed by atoms with van der Waals surface area (Å²) in [7, 11) is 0. The molecule has 3 aromatic carbocycles. The fourth-order valence-corrected chi connectivity index (χ4v) is 5.03. The first-order valence-corrected chi connectivity index (χ1v) is 12.5. The molecular weight excluding hydrogens is 426 g/mol. The molecule has 4 aromatic rings. The van der Waals surface area contributed by atoms with Crippen LogP contribution in [0.3, 0.4) is 0 Å². The summed E-state index contributed by atoms with van der Waals surface area (Å²) in [4.78, 5) is 14.9. The number of rotatable bonds is 7. The van der Waals surface area contributed by atoms with Crippen molar-refractivity contribution < 1.29 is 4.55 Å². The van der Waals surface area contributed by atoms with Crippen molar-refractivity contribution in [1.82, 2.24) is 4.57 Å². The van der Waals surface area contributed by atoms with Gasteiger partial charge in [-0.25, -0.2) is 0 Å². The third-order valence-electron chi connectivity index (χ3n) is 5.76. The Labute approximate surface area is 198 Å². The number of aryl methyl sites for hydroxylation is 1. The van der Waals surface area contributed by atoms with Gasteiger partial charge in [-0.2, -0.15) is 0 Å². The van der Waals surface area contributed by atoms with Gasteiger partial charge in [0.15, 0.2) is 15.2 Å². The van der Waals surface area contributed by atoms with E-state index in [9.17, 15) is 9.35 Å². The summed E-state index contributed by atoms with van der Waals surface area (Å²) in [5, 5.41) is 0. The van der Waals surface area contributed by atoms with E-state index in [2.05, 4.69) is 31.4 Å². The molecule has 0 aliphatic carbocycles. The molecule has 1 heterocycles. The van der Waals surface area contributed by atoms with Crippen LogP contribution in [0.25, 0.3) is 22.3 Å². The zero-order chi connectivity index (χ0) is 23.4. The standard InChI is InChI=1S/C29H29NO2S/c1-4-17-30-19-27(22-9-6-5-7-10-22)29(31)28(20-30)23-13-15-25(16-14-23)33(32)26-12-8-11-24(18-26)21(2)3/h5-16,18-21H,4,17H2,1-3H3. The molecule has 0 aliphatic heterocycles. The van der Waals surface area contributed by atoms with Gasteiger partial charge in [0, 0.05) is 41.2 Å². The molecule has 0 radical (unpaired) electrons. The molecular formula is C29H29NO2S. The van der Waals surface area contributed by atoms with Crippen LogP contribution in [0, 0.1) is 0 Å². The summed E-state index contributed by atoms with van der Waals surface area (Å²) in [6, 6.07) is 25.3. The molecule has 0 bridgehead atoms. The van der Waals surface area contributed by atoms with E-state index in [4.69, 9.17) is 0 Å². The van der Waals surface area contributed by atoms with Crippen LogP contribution >= 0.6 is 0 Å². The second-order valence-corrected chi connectivity index (χ2v) is 10.0. The largest absolute Gasteiger partial charge is 0.606 e. The number of hydrogen-bond acceptors (Lipinski definition) is 2. The Morgan fingerprint density at radius 2 is 1.45 bits per heavy atom. The van der Waals surface area contributed by atoms with Crippen molar-refractivity contribution in [3.05, 3.63) is 107 Å². The maximum absolute atomic E-state index is 13.4. The first-order chi connectivity index (χ1) is 16.0. The molecule has 0 fully saturated rings. The summed E-state index contributed by atoms with van der Waals surface area (Å²) in [6.45, 7) is 7.22. The molecule has 0 aliphatic rings. The van der Waals surface area contributed by atoms with E-state index in [0.717, 1.165) is 33.9 Å². The van der Waals surface area contributed by atoms with Gasteiger partial charge in [0.2, 0.25) is 0 Å². The Morgan fingerprint density at radius 1 is 0.818 bits per heavy atom. The van der Waals surface area contributed by atoms with Crippen LogP contribution in [0.15, 0.2) is 106 Å². The van der Waals surface area contributed by atoms with Crippen LogP contribution < -0.4 is 5.43 Å². The lowest BCUT2D eigenvalue weighted by atomic mass is 10.0. The molecule has 0 spiro atoms. The highest BCUT2D eigenvalue weighted by molar-refractivity contribution is 7.91. The number of pyridine rings is 1. The summed E-state index contributed by atoms with van der Waals surface area (Å²) < 4.78 is 15.2. The van der Waals surface area contributed by atoms with Crippen LogP contribution in [-0.4, -0.2) is 9.12 Å². The van der Waals surface area contributed by atoms with E-state index < -0.39 is 11.2 Å². The molecule has 1 atom stereocenters. The zero-order valence-electron chi connectivity index (χ0n) is 19.3. The third kappa shape index (κ3) is 5.13. The predicted octanol–water partition coefficient (Wildman–Crippen LogP) is 6.88. The minimum Gasteiger partial charge on any atom is -0.606 e. The van der Waals surface area contributed by atoms with Gasteiger partial charge in [0.1, 0.15) is 0 Å². The SMILES string of the molecule is CCCn1cc(-c2ccccc2)c(=O)c(-c2ccc([S+]([O-])c3cccc(C(C)C)c3)cc2)c1. The number of nitrogens with zero attached hydrogens (tertiary/aromatic N) is 1. The van der Waals surface area contributed by atoms with Crippen molar-refractivity contribution in [3.63, 3.8) is 0 Å². The topological polar surface area (TPSA) is 45.1 Å². The highest BCUT2D eigenvalue weighted by Crippen LogP contribution is 2.27. The van der Waals surface area contributed by atoms with E-state index in [1.807, 2.05) is 85.2 Å². The van der Waals surface area contributed by atoms with Gasteiger partial charge in [-0.1, -0.05) is 63.2 Å². The first-order valence-electron chi connectivity index (χ1n) is 11.4. The third-order valence-corrected chi connectivity index (χ3v) is 7.15. The Balaban J connectivity index is 1.71. The van der Waals surface area contributed by atoms with Crippen LogP contribution in [0.1, 0.15) is 38.7 Å². The minimum absolute atomic E-state index is 0.00654. The predicted molar refractivity (Wildman–Crippen MR) is 137 cm³/mol. The van der Waals surface area contributed by atoms with Crippen molar-refractivity contribution in [3.8, 4) is 22.3 Å². The molecule has 1 unspecified atom stereocenters. The van der Waals surface area contributed by atoms with Gasteiger partial charge in [0.25, 0.3) is 0 Å². The molecule has 33 heavy (non-hydrogen) atoms. The molecule has 1 aromatic heterocycles. The van der Waals surface area contributed by atoms with E-state index in [0.29, 0.717) is 17.0 Å². The number of aromatic nitrogens is 1. The van der Waals surface area contributed by atoms with E-state index in [-0.39, 0.29) is 5.43 Å². The molecule has 4 heteroatoms. The van der Waals surface area contributed by atoms with Crippen molar-refractivity contribution >= 4 is 11.2 Å². The van der Waals surface area contributed by atoms with Crippen LogP contribution in [0.2, 0.25) is 0 Å². The molecule has 0 saturated carbocycles. The van der Waals surface area contributed by atoms with Gasteiger partial charge in [-0.05, 0) is 65.4 Å². The van der Waals surface area contributed by atoms with E-state index in [1.165, 1.54) is 5.56 Å². The van der Waals surface area contributed by atoms with Gasteiger partial charge in [-0.15, -0.1) is 0 Å². The maximum Gasteiger partial charge on any atom is 0.197 e. The van der Waals surface area contributed by atoms with E-state index >= 15 is 0 Å². The Bertz CT molecular complexity index is 1280. The summed E-state index contributed by atoms with van der Waals surface area (Å²) in [5.74, 6) is 0.381. The summed E-state index contributed by atoms with van der Waals surface area (Å²) >= 11 is -1.27. The van der Waals surface area contributed by atoms with Crippen LogP contribution in [-0.2, 0) is 17.7 Å². The fourth-order valence-electron chi connectivity index (χ4n) is 3.93. The molecule has 0 saturated heterocycles. The van der Waals surface area contributed by atoms with Gasteiger partial charge < -0.3 is 9.12 Å². The monoisotopic (exact) mass is 455 g/mol. The number of benzene rings is 3. The summed E-state index contributed by atoms with van der Waals surface area (Å²) in [6.07, 6.45) is 4.84. The van der Waals surface area contributed by atoms with Crippen molar-refractivity contribution in [2.45, 2.75) is 49.4 Å². The Morgan fingerprint density at radius 3 is 2.06 bits per heavy atom.